The first-order valence-electron chi connectivity index (χ1n) is 11.4. The maximum Gasteiger partial charge on any atom is 0.323 e. The molecule has 3 rings (SSSR count). The second-order valence-corrected chi connectivity index (χ2v) is 11.8. The van der Waals surface area contributed by atoms with E-state index in [1.807, 2.05) is 0 Å². The van der Waals surface area contributed by atoms with Gasteiger partial charge in [0.2, 0.25) is 0 Å². The summed E-state index contributed by atoms with van der Waals surface area (Å²) in [6, 6.07) is 7.73. The van der Waals surface area contributed by atoms with Gasteiger partial charge in [-0.25, -0.2) is 5.09 Å². The molecular formula is C24H30N3O8PS. The fourth-order valence-electron chi connectivity index (χ4n) is 3.55. The first-order chi connectivity index (χ1) is 17.4. The van der Waals surface area contributed by atoms with Crippen molar-refractivity contribution in [3.05, 3.63) is 55.0 Å². The Labute approximate surface area is 220 Å². The van der Waals surface area contributed by atoms with Crippen LogP contribution in [0.1, 0.15) is 20.8 Å². The van der Waals surface area contributed by atoms with E-state index in [4.69, 9.17) is 36.8 Å². The second-order valence-electron chi connectivity index (χ2n) is 8.63. The average Bonchev–Trinajstić information content (AvgIpc) is 3.08. The highest BCUT2D eigenvalue weighted by molar-refractivity contribution is 8.09. The lowest BCUT2D eigenvalue weighted by molar-refractivity contribution is -0.149. The lowest BCUT2D eigenvalue weighted by Crippen LogP contribution is -2.54. The van der Waals surface area contributed by atoms with Crippen LogP contribution in [0.15, 0.2) is 55.0 Å². The average molecular weight is 552 g/mol. The fraction of sp³-hybridized carbons (Fsp3) is 0.417. The predicted octanol–water partition coefficient (Wildman–Crippen LogP) is 1.10. The lowest BCUT2D eigenvalue weighted by atomic mass is 9.94. The number of hydrogen-bond donors (Lipinski definition) is 4. The van der Waals surface area contributed by atoms with Crippen LogP contribution in [0.3, 0.4) is 0 Å². The lowest BCUT2D eigenvalue weighted by Gasteiger charge is -2.36. The molecule has 0 bridgehead atoms. The molecule has 2 aliphatic heterocycles. The molecule has 1 unspecified atom stereocenters. The number of aliphatic hydroxyl groups is 2. The van der Waals surface area contributed by atoms with Crippen molar-refractivity contribution in [3.63, 3.8) is 0 Å². The van der Waals surface area contributed by atoms with Crippen molar-refractivity contribution in [1.29, 1.82) is 0 Å². The Morgan fingerprint density at radius 2 is 2.08 bits per heavy atom. The molecule has 1 amide bonds. The normalized spacial score (nSPS) is 27.8. The van der Waals surface area contributed by atoms with E-state index >= 15 is 0 Å². The van der Waals surface area contributed by atoms with Gasteiger partial charge in [-0.3, -0.25) is 9.59 Å². The van der Waals surface area contributed by atoms with Crippen molar-refractivity contribution in [1.82, 2.24) is 15.3 Å². The number of terminal acetylenes is 1. The molecule has 4 N–H and O–H groups in total. The molecule has 0 saturated carbocycles. The standard InChI is InChI=1S/C24H30N3O8PS/c1-6-24(31)21(29)19(34-23(24)27-13-12-20(28)25-17(27)5)14-32-36(37,35-18-10-8-7-9-11-18)26-16(4)22(30)33-15(2)3/h1,7-13,15-16,19,21,23,29,31H,5,14H2,2-4H3,(H,25,28)(H,26,37)/t16-,19+,21+,23+,24+,36?/m0/s1. The minimum Gasteiger partial charge on any atom is -0.462 e. The zero-order valence-corrected chi connectivity index (χ0v) is 22.3. The number of nitrogens with one attached hydrogen (secondary N) is 2. The van der Waals surface area contributed by atoms with E-state index in [1.165, 1.54) is 17.2 Å². The Kier molecular flexibility index (Phi) is 9.15. The summed E-state index contributed by atoms with van der Waals surface area (Å²) in [6.07, 6.45) is 3.68. The highest BCUT2D eigenvalue weighted by Crippen LogP contribution is 2.46. The van der Waals surface area contributed by atoms with Crippen molar-refractivity contribution in [2.45, 2.75) is 57.0 Å². The fourth-order valence-corrected chi connectivity index (χ4v) is 5.97. The topological polar surface area (TPSA) is 139 Å². The van der Waals surface area contributed by atoms with Crippen molar-refractivity contribution in [2.75, 3.05) is 6.61 Å². The smallest absolute Gasteiger partial charge is 0.323 e. The monoisotopic (exact) mass is 551 g/mol. The van der Waals surface area contributed by atoms with Gasteiger partial charge in [-0.05, 0) is 44.7 Å². The quantitative estimate of drug-likeness (QED) is 0.189. The summed E-state index contributed by atoms with van der Waals surface area (Å²) in [5, 5.41) is 27.3. The maximum atomic E-state index is 12.4. The molecule has 6 atom stereocenters. The largest absolute Gasteiger partial charge is 0.462 e. The Morgan fingerprint density at radius 3 is 2.68 bits per heavy atom. The van der Waals surface area contributed by atoms with Gasteiger partial charge in [-0.15, -0.1) is 6.42 Å². The maximum absolute atomic E-state index is 12.4. The number of ether oxygens (including phenoxy) is 2. The number of hydrogen-bond acceptors (Lipinski definition) is 10. The van der Waals surface area contributed by atoms with Gasteiger partial charge in [0.1, 0.15) is 29.8 Å². The van der Waals surface area contributed by atoms with E-state index < -0.39 is 48.6 Å². The summed E-state index contributed by atoms with van der Waals surface area (Å²) < 4.78 is 23.0. The summed E-state index contributed by atoms with van der Waals surface area (Å²) in [5.41, 5.74) is -2.19. The van der Waals surface area contributed by atoms with E-state index in [1.54, 1.807) is 51.1 Å². The van der Waals surface area contributed by atoms with Crippen LogP contribution in [0.4, 0.5) is 0 Å². The summed E-state index contributed by atoms with van der Waals surface area (Å²) in [6.45, 7) is 4.92. The number of benzene rings is 1. The Morgan fingerprint density at radius 1 is 1.41 bits per heavy atom. The van der Waals surface area contributed by atoms with Gasteiger partial charge in [-0.1, -0.05) is 30.7 Å². The third-order valence-corrected chi connectivity index (χ3v) is 7.87. The summed E-state index contributed by atoms with van der Waals surface area (Å²) in [7, 11) is 0. The minimum absolute atomic E-state index is 0.0941. The molecule has 0 radical (unpaired) electrons. The number of esters is 1. The van der Waals surface area contributed by atoms with Crippen molar-refractivity contribution < 1.29 is 38.3 Å². The third-order valence-electron chi connectivity index (χ3n) is 5.37. The molecule has 37 heavy (non-hydrogen) atoms. The van der Waals surface area contributed by atoms with E-state index in [9.17, 15) is 19.8 Å². The third kappa shape index (κ3) is 6.77. The Balaban J connectivity index is 1.80. The van der Waals surface area contributed by atoms with Crippen molar-refractivity contribution in [3.8, 4) is 18.1 Å². The molecule has 11 nitrogen and oxygen atoms in total. The summed E-state index contributed by atoms with van der Waals surface area (Å²) in [5.74, 6) is 1.68. The zero-order valence-electron chi connectivity index (χ0n) is 20.6. The van der Waals surface area contributed by atoms with Crippen LogP contribution in [-0.4, -0.2) is 69.8 Å². The molecule has 0 spiro atoms. The van der Waals surface area contributed by atoms with Gasteiger partial charge in [0.15, 0.2) is 11.8 Å². The van der Waals surface area contributed by atoms with Crippen LogP contribution >= 0.6 is 6.64 Å². The van der Waals surface area contributed by atoms with Crippen LogP contribution in [0, 0.1) is 12.3 Å². The van der Waals surface area contributed by atoms with Gasteiger partial charge >= 0.3 is 12.6 Å². The highest BCUT2D eigenvalue weighted by Gasteiger charge is 2.57. The van der Waals surface area contributed by atoms with Gasteiger partial charge in [0.25, 0.3) is 5.91 Å². The first kappa shape index (κ1) is 28.8. The summed E-state index contributed by atoms with van der Waals surface area (Å²) in [4.78, 5) is 25.3. The molecule has 13 heteroatoms. The molecular weight excluding hydrogens is 521 g/mol. The zero-order chi connectivity index (χ0) is 27.4. The number of rotatable bonds is 10. The highest BCUT2D eigenvalue weighted by atomic mass is 32.5. The molecule has 200 valence electrons. The number of nitrogens with zero attached hydrogens (tertiary/aromatic N) is 1. The second kappa shape index (κ2) is 11.8. The predicted molar refractivity (Wildman–Crippen MR) is 138 cm³/mol. The van der Waals surface area contributed by atoms with Gasteiger partial charge in [0, 0.05) is 12.3 Å². The molecule has 2 aliphatic rings. The molecule has 1 fully saturated rings. The number of carbonyl (C=O) groups excluding carboxylic acids is 2. The molecule has 0 aromatic heterocycles. The SMILES string of the molecule is C#C[C@@]1(O)[C@H](O)[C@@H](COP(=S)(N[C@@H](C)C(=O)OC(C)C)Oc2ccccc2)O[C@H]1N1C=CC(=O)NC1=C. The van der Waals surface area contributed by atoms with Gasteiger partial charge in [-0.2, -0.15) is 0 Å². The van der Waals surface area contributed by atoms with E-state index in [2.05, 4.69) is 22.9 Å². The first-order valence-corrected chi connectivity index (χ1v) is 14.0. The molecule has 1 saturated heterocycles. The van der Waals surface area contributed by atoms with E-state index in [-0.39, 0.29) is 18.5 Å². The minimum atomic E-state index is -3.44. The number of amides is 1. The number of aliphatic hydroxyl groups excluding tert-OH is 1. The molecule has 0 aliphatic carbocycles. The molecule has 2 heterocycles. The van der Waals surface area contributed by atoms with Crippen molar-refractivity contribution in [2.24, 2.45) is 0 Å². The van der Waals surface area contributed by atoms with Crippen molar-refractivity contribution >= 4 is 30.3 Å². The van der Waals surface area contributed by atoms with E-state index in [0.29, 0.717) is 5.75 Å². The van der Waals surface area contributed by atoms with Crippen LogP contribution in [-0.2, 0) is 35.4 Å². The summed E-state index contributed by atoms with van der Waals surface area (Å²) >= 11 is 5.66. The number of para-hydroxylation sites is 1. The molecule has 1 aromatic rings. The Hall–Kier alpha value is -2.75. The van der Waals surface area contributed by atoms with Crippen LogP contribution in [0.5, 0.6) is 5.75 Å². The molecule has 1 aromatic carbocycles. The van der Waals surface area contributed by atoms with Crippen LogP contribution in [0.25, 0.3) is 0 Å². The van der Waals surface area contributed by atoms with Crippen LogP contribution < -0.4 is 14.9 Å². The van der Waals surface area contributed by atoms with E-state index in [0.717, 1.165) is 0 Å². The van der Waals surface area contributed by atoms with Crippen LogP contribution in [0.2, 0.25) is 0 Å². The van der Waals surface area contributed by atoms with Gasteiger partial charge < -0.3 is 39.0 Å². The Bertz CT molecular complexity index is 1140. The van der Waals surface area contributed by atoms with Gasteiger partial charge in [0.05, 0.1) is 12.7 Å². The number of carbonyl (C=O) groups is 2.